The zero-order valence-electron chi connectivity index (χ0n) is 16.5. The maximum Gasteiger partial charge on any atom is 0.407 e. The molecule has 0 spiro atoms. The van der Waals surface area contributed by atoms with E-state index in [9.17, 15) is 9.90 Å². The van der Waals surface area contributed by atoms with Crippen molar-refractivity contribution in [3.63, 3.8) is 0 Å². The van der Waals surface area contributed by atoms with Crippen LogP contribution in [0.1, 0.15) is 40.6 Å². The molecule has 0 aliphatic heterocycles. The number of aryl methyl sites for hydroxylation is 1. The topological polar surface area (TPSA) is 58.6 Å². The number of carbonyl (C=O) groups is 1. The molecule has 0 fully saturated rings. The number of aliphatic hydroxyl groups is 1. The van der Waals surface area contributed by atoms with Crippen LogP contribution in [0.15, 0.2) is 72.8 Å². The average molecular weight is 387 g/mol. The van der Waals surface area contributed by atoms with Gasteiger partial charge in [-0.3, -0.25) is 0 Å². The summed E-state index contributed by atoms with van der Waals surface area (Å²) in [4.78, 5) is 12.6. The number of benzene rings is 3. The molecule has 0 aromatic heterocycles. The molecule has 1 atom stereocenters. The summed E-state index contributed by atoms with van der Waals surface area (Å²) in [6.45, 7) is 2.27. The van der Waals surface area contributed by atoms with Gasteiger partial charge < -0.3 is 15.2 Å². The molecule has 4 rings (SSSR count). The summed E-state index contributed by atoms with van der Waals surface area (Å²) in [5.74, 6) is 0.0305. The summed E-state index contributed by atoms with van der Waals surface area (Å²) in [5.41, 5.74) is 6.85. The van der Waals surface area contributed by atoms with Crippen LogP contribution in [0.4, 0.5) is 4.79 Å². The van der Waals surface area contributed by atoms with Crippen molar-refractivity contribution < 1.29 is 14.6 Å². The quantitative estimate of drug-likeness (QED) is 0.629. The lowest BCUT2D eigenvalue weighted by atomic mass is 9.98. The minimum atomic E-state index is -0.464. The number of ether oxygens (including phenoxy) is 1. The van der Waals surface area contributed by atoms with Gasteiger partial charge in [-0.15, -0.1) is 0 Å². The minimum Gasteiger partial charge on any atom is -0.449 e. The second kappa shape index (κ2) is 8.50. The maximum absolute atomic E-state index is 12.6. The summed E-state index contributed by atoms with van der Waals surface area (Å²) in [5, 5.41) is 12.4. The number of aliphatic hydroxyl groups excluding tert-OH is 1. The van der Waals surface area contributed by atoms with E-state index in [0.717, 1.165) is 11.1 Å². The number of rotatable bonds is 6. The number of fused-ring (bicyclic) bond motifs is 3. The molecule has 0 heterocycles. The molecule has 148 valence electrons. The standard InChI is InChI=1S/C25H25NO3/c1-17-8-2-3-9-18(17)24(14-15-27)26-25(28)29-16-23-21-12-6-4-10-19(21)20-11-5-7-13-22(20)23/h2-13,23-24,27H,14-16H2,1H3,(H,26,28)/t24-/m0/s1. The Bertz CT molecular complexity index is 969. The molecular weight excluding hydrogens is 362 g/mol. The molecule has 0 radical (unpaired) electrons. The molecule has 4 heteroatoms. The smallest absolute Gasteiger partial charge is 0.407 e. The molecule has 2 N–H and O–H groups in total. The summed E-state index contributed by atoms with van der Waals surface area (Å²) < 4.78 is 5.65. The molecule has 1 amide bonds. The van der Waals surface area contributed by atoms with Crippen molar-refractivity contribution in [3.05, 3.63) is 95.1 Å². The van der Waals surface area contributed by atoms with E-state index in [4.69, 9.17) is 4.74 Å². The lowest BCUT2D eigenvalue weighted by Gasteiger charge is -2.21. The Kier molecular flexibility index (Phi) is 5.63. The second-order valence-electron chi connectivity index (χ2n) is 7.39. The minimum absolute atomic E-state index is 0.0113. The molecule has 0 unspecified atom stereocenters. The lowest BCUT2D eigenvalue weighted by molar-refractivity contribution is 0.136. The van der Waals surface area contributed by atoms with Gasteiger partial charge >= 0.3 is 6.09 Å². The normalized spacial score (nSPS) is 13.4. The van der Waals surface area contributed by atoms with E-state index >= 15 is 0 Å². The number of alkyl carbamates (subject to hydrolysis) is 1. The van der Waals surface area contributed by atoms with E-state index in [2.05, 4.69) is 29.6 Å². The van der Waals surface area contributed by atoms with Gasteiger partial charge in [-0.05, 0) is 46.7 Å². The molecule has 0 bridgehead atoms. The van der Waals surface area contributed by atoms with Crippen LogP contribution in [0.25, 0.3) is 11.1 Å². The van der Waals surface area contributed by atoms with Gasteiger partial charge in [-0.1, -0.05) is 72.8 Å². The monoisotopic (exact) mass is 387 g/mol. The van der Waals surface area contributed by atoms with Crippen LogP contribution >= 0.6 is 0 Å². The Morgan fingerprint density at radius 2 is 1.55 bits per heavy atom. The predicted molar refractivity (Wildman–Crippen MR) is 114 cm³/mol. The van der Waals surface area contributed by atoms with Crippen LogP contribution in [0.3, 0.4) is 0 Å². The van der Waals surface area contributed by atoms with Crippen LogP contribution in [0.2, 0.25) is 0 Å². The highest BCUT2D eigenvalue weighted by Gasteiger charge is 2.29. The first-order valence-electron chi connectivity index (χ1n) is 9.97. The van der Waals surface area contributed by atoms with Gasteiger partial charge in [0.1, 0.15) is 6.61 Å². The van der Waals surface area contributed by atoms with Gasteiger partial charge in [0.05, 0.1) is 6.04 Å². The fraction of sp³-hybridized carbons (Fsp3) is 0.240. The Balaban J connectivity index is 1.48. The van der Waals surface area contributed by atoms with E-state index in [1.165, 1.54) is 22.3 Å². The molecule has 3 aromatic carbocycles. The van der Waals surface area contributed by atoms with Crippen LogP contribution in [0.5, 0.6) is 0 Å². The van der Waals surface area contributed by atoms with Gasteiger partial charge in [-0.2, -0.15) is 0 Å². The van der Waals surface area contributed by atoms with E-state index in [1.54, 1.807) is 0 Å². The first-order valence-corrected chi connectivity index (χ1v) is 9.97. The summed E-state index contributed by atoms with van der Waals surface area (Å²) in [7, 11) is 0. The van der Waals surface area contributed by atoms with Gasteiger partial charge in [0.25, 0.3) is 0 Å². The van der Waals surface area contributed by atoms with E-state index in [1.807, 2.05) is 55.5 Å². The lowest BCUT2D eigenvalue weighted by Crippen LogP contribution is -2.31. The number of hydrogen-bond acceptors (Lipinski definition) is 3. The third-order valence-corrected chi connectivity index (χ3v) is 5.62. The zero-order valence-corrected chi connectivity index (χ0v) is 16.5. The Hall–Kier alpha value is -3.11. The van der Waals surface area contributed by atoms with Gasteiger partial charge in [0, 0.05) is 12.5 Å². The van der Waals surface area contributed by atoms with Crippen molar-refractivity contribution in [1.29, 1.82) is 0 Å². The maximum atomic E-state index is 12.6. The van der Waals surface area contributed by atoms with E-state index in [0.29, 0.717) is 6.42 Å². The number of carbonyl (C=O) groups excluding carboxylic acids is 1. The zero-order chi connectivity index (χ0) is 20.2. The van der Waals surface area contributed by atoms with Gasteiger partial charge in [-0.25, -0.2) is 4.79 Å². The molecule has 3 aromatic rings. The largest absolute Gasteiger partial charge is 0.449 e. The summed E-state index contributed by atoms with van der Waals surface area (Å²) in [6, 6.07) is 24.1. The van der Waals surface area contributed by atoms with Crippen molar-refractivity contribution in [3.8, 4) is 11.1 Å². The van der Waals surface area contributed by atoms with Crippen LogP contribution in [0, 0.1) is 6.92 Å². The Labute approximate surface area is 171 Å². The highest BCUT2D eigenvalue weighted by atomic mass is 16.5. The Morgan fingerprint density at radius 3 is 2.17 bits per heavy atom. The number of nitrogens with one attached hydrogen (secondary N) is 1. The SMILES string of the molecule is Cc1ccccc1[C@H](CCO)NC(=O)OCC1c2ccccc2-c2ccccc21. The van der Waals surface area contributed by atoms with Gasteiger partial charge in [0.15, 0.2) is 0 Å². The van der Waals surface area contributed by atoms with Crippen molar-refractivity contribution in [2.45, 2.75) is 25.3 Å². The van der Waals surface area contributed by atoms with E-state index < -0.39 is 6.09 Å². The molecular formula is C25H25NO3. The van der Waals surface area contributed by atoms with E-state index in [-0.39, 0.29) is 25.2 Å². The fourth-order valence-electron chi connectivity index (χ4n) is 4.19. The predicted octanol–water partition coefficient (Wildman–Crippen LogP) is 4.96. The first kappa shape index (κ1) is 19.2. The molecule has 29 heavy (non-hydrogen) atoms. The molecule has 0 saturated heterocycles. The fourth-order valence-corrected chi connectivity index (χ4v) is 4.19. The van der Waals surface area contributed by atoms with Crippen molar-refractivity contribution in [2.75, 3.05) is 13.2 Å². The highest BCUT2D eigenvalue weighted by molar-refractivity contribution is 5.79. The molecule has 0 saturated carbocycles. The van der Waals surface area contributed by atoms with Gasteiger partial charge in [0.2, 0.25) is 0 Å². The third kappa shape index (κ3) is 3.89. The highest BCUT2D eigenvalue weighted by Crippen LogP contribution is 2.44. The molecule has 1 aliphatic carbocycles. The third-order valence-electron chi connectivity index (χ3n) is 5.62. The first-order chi connectivity index (χ1) is 14.2. The van der Waals surface area contributed by atoms with Crippen molar-refractivity contribution >= 4 is 6.09 Å². The summed E-state index contributed by atoms with van der Waals surface area (Å²) >= 11 is 0. The van der Waals surface area contributed by atoms with Crippen LogP contribution < -0.4 is 5.32 Å². The second-order valence-corrected chi connectivity index (χ2v) is 7.39. The molecule has 4 nitrogen and oxygen atoms in total. The molecule has 1 aliphatic rings. The van der Waals surface area contributed by atoms with Crippen LogP contribution in [-0.4, -0.2) is 24.4 Å². The summed E-state index contributed by atoms with van der Waals surface area (Å²) in [6.07, 6.45) is -0.0248. The van der Waals surface area contributed by atoms with Crippen molar-refractivity contribution in [2.24, 2.45) is 0 Å². The average Bonchev–Trinajstić information content (AvgIpc) is 3.06. The van der Waals surface area contributed by atoms with Crippen LogP contribution in [-0.2, 0) is 4.74 Å². The van der Waals surface area contributed by atoms with Crippen molar-refractivity contribution in [1.82, 2.24) is 5.32 Å². The number of amides is 1. The number of hydrogen-bond donors (Lipinski definition) is 2. The Morgan fingerprint density at radius 1 is 0.966 bits per heavy atom.